The Labute approximate surface area is 169 Å². The summed E-state index contributed by atoms with van der Waals surface area (Å²) in [6.45, 7) is 0. The van der Waals surface area contributed by atoms with Crippen LogP contribution in [0.15, 0.2) is 75.4 Å². The van der Waals surface area contributed by atoms with Gasteiger partial charge in [-0.15, -0.1) is 10.2 Å². The van der Waals surface area contributed by atoms with E-state index in [0.717, 1.165) is 21.4 Å². The van der Waals surface area contributed by atoms with Crippen LogP contribution in [-0.2, 0) is 11.2 Å². The molecule has 3 heterocycles. The average Bonchev–Trinajstić information content (AvgIpc) is 3.47. The number of carbonyl (C=O) groups excluding carboxylic acids is 3. The largest absolute Gasteiger partial charge is 0.361 e. The minimum Gasteiger partial charge on any atom is -0.361 e. The van der Waals surface area contributed by atoms with Crippen LogP contribution >= 0.6 is 0 Å². The number of imide groups is 1. The van der Waals surface area contributed by atoms with E-state index in [9.17, 15) is 14.4 Å². The fraction of sp³-hybridized carbons (Fsp3) is 0.150. The predicted octanol–water partition coefficient (Wildman–Crippen LogP) is 2.61. The lowest BCUT2D eigenvalue weighted by Gasteiger charge is -2.25. The maximum Gasteiger partial charge on any atom is 0.262 e. The van der Waals surface area contributed by atoms with Crippen LogP contribution in [0.25, 0.3) is 10.9 Å². The first-order valence-electron chi connectivity index (χ1n) is 9.26. The quantitative estimate of drug-likeness (QED) is 0.637. The third-order valence-corrected chi connectivity index (χ3v) is 5.16. The van der Waals surface area contributed by atoms with E-state index in [1.807, 2.05) is 24.3 Å². The third-order valence-electron chi connectivity index (χ3n) is 5.16. The Hall–Kier alpha value is -4.21. The van der Waals surface area contributed by atoms with Crippen molar-refractivity contribution in [2.24, 2.45) is 20.7 Å². The van der Waals surface area contributed by atoms with Crippen molar-refractivity contribution in [2.75, 3.05) is 0 Å². The molecule has 0 aliphatic carbocycles. The van der Waals surface area contributed by atoms with E-state index in [0.29, 0.717) is 0 Å². The van der Waals surface area contributed by atoms with Gasteiger partial charge in [-0.3, -0.25) is 19.3 Å². The molecule has 0 saturated carbocycles. The number of carbonyl (C=O) groups is 3. The van der Waals surface area contributed by atoms with Gasteiger partial charge in [0.25, 0.3) is 18.1 Å². The second kappa shape index (κ2) is 6.99. The van der Waals surface area contributed by atoms with Crippen molar-refractivity contribution >= 4 is 28.6 Å². The second-order valence-electron chi connectivity index (χ2n) is 6.90. The molecule has 30 heavy (non-hydrogen) atoms. The first-order valence-corrected chi connectivity index (χ1v) is 9.26. The Morgan fingerprint density at radius 3 is 2.33 bits per heavy atom. The van der Waals surface area contributed by atoms with E-state index in [1.165, 1.54) is 0 Å². The maximum absolute atomic E-state index is 13.1. The van der Waals surface area contributed by atoms with Gasteiger partial charge in [0.15, 0.2) is 0 Å². The number of hydrogen-bond donors (Lipinski definition) is 2. The summed E-state index contributed by atoms with van der Waals surface area (Å²) in [5.74, 6) is -1.59. The molecular formula is C20H15N7O3. The van der Waals surface area contributed by atoms with Crippen LogP contribution in [0.3, 0.4) is 0 Å². The van der Waals surface area contributed by atoms with Gasteiger partial charge < -0.3 is 10.3 Å². The van der Waals surface area contributed by atoms with Gasteiger partial charge in [-0.2, -0.15) is 0 Å². The maximum atomic E-state index is 13.1. The van der Waals surface area contributed by atoms with Crippen LogP contribution < -0.4 is 5.32 Å². The molecule has 0 saturated heterocycles. The standard InChI is InChI=1S/C20H15N7O3/c28-17(22-20-23-25-26-24-20)16(9-11-10-21-15-8-4-3-5-12(11)15)27-18(29)13-6-1-2-7-14(13)19(27)30/h1-8,10,16,20-21H,9H2,(H,22,28)/t16-/m1/s1. The summed E-state index contributed by atoms with van der Waals surface area (Å²) < 4.78 is 0. The summed E-state index contributed by atoms with van der Waals surface area (Å²) in [6.07, 6.45) is 0.929. The lowest BCUT2D eigenvalue weighted by atomic mass is 10.0. The summed E-state index contributed by atoms with van der Waals surface area (Å²) in [7, 11) is 0. The molecular weight excluding hydrogens is 386 g/mol. The molecule has 10 nitrogen and oxygen atoms in total. The number of benzene rings is 2. The lowest BCUT2D eigenvalue weighted by molar-refractivity contribution is -0.125. The number of fused-ring (bicyclic) bond motifs is 2. The smallest absolute Gasteiger partial charge is 0.262 e. The molecule has 1 aromatic heterocycles. The van der Waals surface area contributed by atoms with Gasteiger partial charge >= 0.3 is 0 Å². The molecule has 3 amide bonds. The minimum atomic E-state index is -1.09. The molecule has 2 aliphatic heterocycles. The molecule has 3 aromatic rings. The van der Waals surface area contributed by atoms with Crippen LogP contribution in [0.1, 0.15) is 26.3 Å². The number of aromatic amines is 1. The summed E-state index contributed by atoms with van der Waals surface area (Å²) in [5, 5.41) is 17.6. The molecule has 5 rings (SSSR count). The van der Waals surface area contributed by atoms with E-state index in [1.54, 1.807) is 30.5 Å². The van der Waals surface area contributed by atoms with Crippen LogP contribution in [-0.4, -0.2) is 39.9 Å². The molecule has 0 fully saturated rings. The Morgan fingerprint density at radius 1 is 1.00 bits per heavy atom. The van der Waals surface area contributed by atoms with Crippen molar-refractivity contribution in [3.05, 3.63) is 71.4 Å². The molecule has 2 aliphatic rings. The monoisotopic (exact) mass is 401 g/mol. The van der Waals surface area contributed by atoms with Gasteiger partial charge in [0.1, 0.15) is 6.04 Å². The number of nitrogens with zero attached hydrogens (tertiary/aromatic N) is 5. The van der Waals surface area contributed by atoms with Crippen molar-refractivity contribution in [1.82, 2.24) is 15.2 Å². The SMILES string of the molecule is O=C(NC1N=NN=N1)[C@@H](Cc1c[nH]c2ccccc12)N1C(=O)c2ccccc2C1=O. The molecule has 0 bridgehead atoms. The first kappa shape index (κ1) is 17.9. The summed E-state index contributed by atoms with van der Waals surface area (Å²) >= 11 is 0. The average molecular weight is 401 g/mol. The zero-order chi connectivity index (χ0) is 20.7. The number of rotatable bonds is 5. The molecule has 10 heteroatoms. The highest BCUT2D eigenvalue weighted by Crippen LogP contribution is 2.28. The molecule has 1 atom stereocenters. The zero-order valence-corrected chi connectivity index (χ0v) is 15.5. The molecule has 2 aromatic carbocycles. The predicted molar refractivity (Wildman–Crippen MR) is 104 cm³/mol. The number of amides is 3. The molecule has 148 valence electrons. The van der Waals surface area contributed by atoms with Gasteiger partial charge in [-0.05, 0) is 34.2 Å². The zero-order valence-electron chi connectivity index (χ0n) is 15.5. The molecule has 0 unspecified atom stereocenters. The van der Waals surface area contributed by atoms with Crippen molar-refractivity contribution < 1.29 is 14.4 Å². The number of nitrogens with one attached hydrogen (secondary N) is 2. The Kier molecular flexibility index (Phi) is 4.16. The van der Waals surface area contributed by atoms with E-state index in [-0.39, 0.29) is 17.5 Å². The van der Waals surface area contributed by atoms with E-state index in [4.69, 9.17) is 0 Å². The Bertz CT molecular complexity index is 1200. The van der Waals surface area contributed by atoms with E-state index in [2.05, 4.69) is 31.0 Å². The van der Waals surface area contributed by atoms with Crippen LogP contribution in [0.5, 0.6) is 0 Å². The van der Waals surface area contributed by atoms with Gasteiger partial charge in [0.05, 0.1) is 11.1 Å². The normalized spacial score (nSPS) is 16.5. The highest BCUT2D eigenvalue weighted by molar-refractivity contribution is 6.22. The topological polar surface area (TPSA) is 132 Å². The Morgan fingerprint density at radius 2 is 1.63 bits per heavy atom. The lowest BCUT2D eigenvalue weighted by Crippen LogP contribution is -2.52. The highest BCUT2D eigenvalue weighted by atomic mass is 16.2. The first-order chi connectivity index (χ1) is 14.6. The van der Waals surface area contributed by atoms with Crippen molar-refractivity contribution in [3.63, 3.8) is 0 Å². The summed E-state index contributed by atoms with van der Waals surface area (Å²) in [4.78, 5) is 43.3. The van der Waals surface area contributed by atoms with Crippen LogP contribution in [0, 0.1) is 0 Å². The van der Waals surface area contributed by atoms with Crippen molar-refractivity contribution in [1.29, 1.82) is 0 Å². The summed E-state index contributed by atoms with van der Waals surface area (Å²) in [6, 6.07) is 13.0. The van der Waals surface area contributed by atoms with Crippen molar-refractivity contribution in [2.45, 2.75) is 18.8 Å². The van der Waals surface area contributed by atoms with Gasteiger partial charge in [-0.25, -0.2) is 0 Å². The number of para-hydroxylation sites is 1. The van der Waals surface area contributed by atoms with Crippen LogP contribution in [0.4, 0.5) is 0 Å². The van der Waals surface area contributed by atoms with E-state index >= 15 is 0 Å². The second-order valence-corrected chi connectivity index (χ2v) is 6.90. The van der Waals surface area contributed by atoms with E-state index < -0.39 is 30.1 Å². The third kappa shape index (κ3) is 2.85. The summed E-state index contributed by atoms with van der Waals surface area (Å²) in [5.41, 5.74) is 2.25. The Balaban J connectivity index is 1.52. The number of hydrogen-bond acceptors (Lipinski definition) is 7. The number of H-pyrrole nitrogens is 1. The molecule has 0 radical (unpaired) electrons. The van der Waals surface area contributed by atoms with Crippen molar-refractivity contribution in [3.8, 4) is 0 Å². The highest BCUT2D eigenvalue weighted by Gasteiger charge is 2.43. The van der Waals surface area contributed by atoms with Gasteiger partial charge in [0.2, 0.25) is 5.91 Å². The minimum absolute atomic E-state index is 0.127. The van der Waals surface area contributed by atoms with Gasteiger partial charge in [0, 0.05) is 23.5 Å². The fourth-order valence-corrected chi connectivity index (χ4v) is 3.75. The van der Waals surface area contributed by atoms with Crippen LogP contribution in [0.2, 0.25) is 0 Å². The number of aromatic nitrogens is 1. The molecule has 0 spiro atoms. The molecule has 2 N–H and O–H groups in total. The fourth-order valence-electron chi connectivity index (χ4n) is 3.75. The van der Waals surface area contributed by atoms with Gasteiger partial charge in [-0.1, -0.05) is 30.3 Å².